The van der Waals surface area contributed by atoms with Gasteiger partial charge in [0.25, 0.3) is 0 Å². The van der Waals surface area contributed by atoms with Crippen LogP contribution in [-0.4, -0.2) is 34.7 Å². The Kier molecular flexibility index (Phi) is 7.04. The molecule has 220 valence electrons. The van der Waals surface area contributed by atoms with E-state index >= 15 is 0 Å². The number of benzene rings is 3. The number of halogens is 1. The van der Waals surface area contributed by atoms with Crippen LogP contribution in [0.2, 0.25) is 0 Å². The van der Waals surface area contributed by atoms with E-state index in [4.69, 9.17) is 9.72 Å². The molecule has 7 rings (SSSR count). The molecular formula is C36H29BrN2O5. The van der Waals surface area contributed by atoms with Gasteiger partial charge in [-0.15, -0.1) is 0 Å². The number of imide groups is 1. The van der Waals surface area contributed by atoms with Crippen LogP contribution in [0.15, 0.2) is 95.0 Å². The van der Waals surface area contributed by atoms with Crippen LogP contribution in [0.4, 0.5) is 5.69 Å². The summed E-state index contributed by atoms with van der Waals surface area (Å²) in [6.07, 6.45) is 2.44. The van der Waals surface area contributed by atoms with E-state index in [-0.39, 0.29) is 46.8 Å². The Bertz CT molecular complexity index is 1880. The van der Waals surface area contributed by atoms with Crippen molar-refractivity contribution < 1.29 is 23.9 Å². The number of pyridine rings is 1. The number of anilines is 1. The van der Waals surface area contributed by atoms with Crippen molar-refractivity contribution in [2.75, 3.05) is 4.90 Å². The Morgan fingerprint density at radius 2 is 1.70 bits per heavy atom. The Morgan fingerprint density at radius 3 is 2.43 bits per heavy atom. The topological polar surface area (TPSA) is 93.6 Å². The third-order valence-electron chi connectivity index (χ3n) is 9.26. The lowest BCUT2D eigenvalue weighted by atomic mass is 9.82. The Balaban J connectivity index is 1.19. The first-order chi connectivity index (χ1) is 21.2. The number of esters is 1. The van der Waals surface area contributed by atoms with Crippen LogP contribution in [0.5, 0.6) is 0 Å². The van der Waals surface area contributed by atoms with Crippen LogP contribution in [0.3, 0.4) is 0 Å². The van der Waals surface area contributed by atoms with Gasteiger partial charge in [-0.1, -0.05) is 77.0 Å². The molecule has 0 spiro atoms. The zero-order valence-corrected chi connectivity index (χ0v) is 25.8. The number of fused-ring (bicyclic) bond motifs is 6. The van der Waals surface area contributed by atoms with Gasteiger partial charge in [-0.25, -0.2) is 9.78 Å². The van der Waals surface area contributed by atoms with Crippen molar-refractivity contribution in [3.05, 3.63) is 106 Å². The third-order valence-corrected chi connectivity index (χ3v) is 9.76. The second kappa shape index (κ2) is 10.9. The van der Waals surface area contributed by atoms with Crippen LogP contribution in [0.25, 0.3) is 22.2 Å². The Hall–Kier alpha value is -4.43. The second-order valence-corrected chi connectivity index (χ2v) is 12.7. The fourth-order valence-corrected chi connectivity index (χ4v) is 7.49. The van der Waals surface area contributed by atoms with E-state index in [1.54, 1.807) is 67.6 Å². The summed E-state index contributed by atoms with van der Waals surface area (Å²) in [5, 5.41) is 0.588. The van der Waals surface area contributed by atoms with Crippen LogP contribution < -0.4 is 4.90 Å². The molecule has 1 aliphatic heterocycles. The van der Waals surface area contributed by atoms with Crippen molar-refractivity contribution >= 4 is 56.1 Å². The molecule has 1 saturated carbocycles. The molecule has 2 heterocycles. The second-order valence-electron chi connectivity index (χ2n) is 11.8. The van der Waals surface area contributed by atoms with Crippen LogP contribution in [-0.2, 0) is 14.3 Å². The summed E-state index contributed by atoms with van der Waals surface area (Å²) >= 11 is 3.48. The Labute approximate surface area is 263 Å². The number of ether oxygens (including phenoxy) is 1. The minimum Gasteiger partial charge on any atom is -0.450 e. The lowest BCUT2D eigenvalue weighted by Crippen LogP contribution is -2.32. The first kappa shape index (κ1) is 28.3. The molecular weight excluding hydrogens is 620 g/mol. The number of ketones is 1. The summed E-state index contributed by atoms with van der Waals surface area (Å²) in [7, 11) is 0. The molecule has 2 amide bonds. The number of hydrogen-bond acceptors (Lipinski definition) is 6. The van der Waals surface area contributed by atoms with E-state index in [0.717, 1.165) is 10.9 Å². The maximum absolute atomic E-state index is 13.6. The highest BCUT2D eigenvalue weighted by atomic mass is 79.9. The normalized spacial score (nSPS) is 22.7. The fourth-order valence-electron chi connectivity index (χ4n) is 7.13. The molecule has 4 aromatic rings. The average molecular weight is 650 g/mol. The number of aromatic nitrogens is 1. The summed E-state index contributed by atoms with van der Waals surface area (Å²) in [6, 6.07) is 23.0. The molecule has 2 fully saturated rings. The number of amides is 2. The number of rotatable bonds is 7. The van der Waals surface area contributed by atoms with Gasteiger partial charge in [0.15, 0.2) is 6.10 Å². The third kappa shape index (κ3) is 4.59. The zero-order valence-electron chi connectivity index (χ0n) is 24.2. The Morgan fingerprint density at radius 1 is 0.977 bits per heavy atom. The van der Waals surface area contributed by atoms with Crippen molar-refractivity contribution in [1.82, 2.24) is 4.98 Å². The minimum absolute atomic E-state index is 0.123. The monoisotopic (exact) mass is 648 g/mol. The van der Waals surface area contributed by atoms with E-state index in [0.29, 0.717) is 39.8 Å². The highest BCUT2D eigenvalue weighted by molar-refractivity contribution is 9.10. The summed E-state index contributed by atoms with van der Waals surface area (Å²) in [4.78, 5) is 59.7. The largest absolute Gasteiger partial charge is 0.450 e. The van der Waals surface area contributed by atoms with Gasteiger partial charge in [0.2, 0.25) is 17.6 Å². The SMILES string of the molecule is CCC(OC(=O)c1cc(-c2ccc(N3C(=O)C4C5C=C(C)C(C5)C4C3=O)cc2)nc2ccc(Br)cc12)C(=O)c1ccccc1. The van der Waals surface area contributed by atoms with E-state index in [2.05, 4.69) is 28.9 Å². The number of Topliss-reactive ketones (excluding diaryl/α,β-unsaturated/α-hetero) is 1. The minimum atomic E-state index is -0.938. The zero-order chi connectivity index (χ0) is 30.7. The number of nitrogens with zero attached hydrogens (tertiary/aromatic N) is 2. The predicted octanol–water partition coefficient (Wildman–Crippen LogP) is 7.18. The smallest absolute Gasteiger partial charge is 0.339 e. The van der Waals surface area contributed by atoms with E-state index in [1.165, 1.54) is 10.5 Å². The lowest BCUT2D eigenvalue weighted by Gasteiger charge is -2.19. The van der Waals surface area contributed by atoms with Gasteiger partial charge in [-0.2, -0.15) is 0 Å². The number of carbonyl (C=O) groups is 4. The molecule has 7 nitrogen and oxygen atoms in total. The molecule has 5 unspecified atom stereocenters. The van der Waals surface area contributed by atoms with Gasteiger partial charge in [0.05, 0.1) is 34.3 Å². The van der Waals surface area contributed by atoms with Gasteiger partial charge in [0.1, 0.15) is 0 Å². The molecule has 8 heteroatoms. The molecule has 5 atom stereocenters. The molecule has 3 aromatic carbocycles. The number of allylic oxidation sites excluding steroid dienone is 2. The summed E-state index contributed by atoms with van der Waals surface area (Å²) in [5.74, 6) is -1.38. The van der Waals surface area contributed by atoms with E-state index in [1.807, 2.05) is 18.2 Å². The molecule has 3 aliphatic rings. The van der Waals surface area contributed by atoms with Crippen molar-refractivity contribution in [2.45, 2.75) is 32.8 Å². The van der Waals surface area contributed by atoms with Gasteiger partial charge in [0, 0.05) is 21.0 Å². The van der Waals surface area contributed by atoms with Crippen LogP contribution in [0.1, 0.15) is 47.4 Å². The first-order valence-electron chi connectivity index (χ1n) is 14.8. The van der Waals surface area contributed by atoms with E-state index in [9.17, 15) is 19.2 Å². The molecule has 0 radical (unpaired) electrons. The molecule has 0 N–H and O–H groups in total. The van der Waals surface area contributed by atoms with Gasteiger partial charge in [-0.05, 0) is 68.0 Å². The summed E-state index contributed by atoms with van der Waals surface area (Å²) in [6.45, 7) is 3.86. The maximum atomic E-state index is 13.6. The quantitative estimate of drug-likeness (QED) is 0.0912. The number of hydrogen-bond donors (Lipinski definition) is 0. The highest BCUT2D eigenvalue weighted by Gasteiger charge is 2.60. The summed E-state index contributed by atoms with van der Waals surface area (Å²) < 4.78 is 6.57. The standard InChI is InChI=1S/C36H29BrN2O5/c1-3-30(33(40)21-7-5-4-6-8-21)44-36(43)27-18-29(38-28-14-11-23(37)17-26(27)28)20-9-12-24(13-10-20)39-34(41)31-22-15-19(2)25(16-22)32(31)35(39)42/h4-15,17-18,22,25,30-32H,3,16H2,1-2H3. The maximum Gasteiger partial charge on any atom is 0.339 e. The predicted molar refractivity (Wildman–Crippen MR) is 170 cm³/mol. The van der Waals surface area contributed by atoms with Gasteiger partial charge < -0.3 is 4.74 Å². The molecule has 44 heavy (non-hydrogen) atoms. The fraction of sp³-hybridized carbons (Fsp3) is 0.250. The molecule has 2 aliphatic carbocycles. The number of carbonyl (C=O) groups excluding carboxylic acids is 4. The first-order valence-corrected chi connectivity index (χ1v) is 15.6. The van der Waals surface area contributed by atoms with E-state index < -0.39 is 12.1 Å². The molecule has 1 aromatic heterocycles. The van der Waals surface area contributed by atoms with Crippen molar-refractivity contribution in [2.24, 2.45) is 23.7 Å². The molecule has 1 saturated heterocycles. The van der Waals surface area contributed by atoms with Crippen LogP contribution >= 0.6 is 15.9 Å². The van der Waals surface area contributed by atoms with Crippen molar-refractivity contribution in [1.29, 1.82) is 0 Å². The average Bonchev–Trinajstić information content (AvgIpc) is 3.68. The van der Waals surface area contributed by atoms with Gasteiger partial charge in [-0.3, -0.25) is 19.3 Å². The van der Waals surface area contributed by atoms with Gasteiger partial charge >= 0.3 is 5.97 Å². The summed E-state index contributed by atoms with van der Waals surface area (Å²) in [5.41, 5.74) is 4.32. The highest BCUT2D eigenvalue weighted by Crippen LogP contribution is 2.56. The lowest BCUT2D eigenvalue weighted by molar-refractivity contribution is -0.123. The molecule has 2 bridgehead atoms. The van der Waals surface area contributed by atoms with Crippen molar-refractivity contribution in [3.8, 4) is 11.3 Å². The van der Waals surface area contributed by atoms with Crippen LogP contribution in [0, 0.1) is 23.7 Å². The van der Waals surface area contributed by atoms with Crippen molar-refractivity contribution in [3.63, 3.8) is 0 Å².